The van der Waals surface area contributed by atoms with E-state index in [1.165, 1.54) is 0 Å². The zero-order valence-electron chi connectivity index (χ0n) is 10.6. The second-order valence-corrected chi connectivity index (χ2v) is 4.97. The van der Waals surface area contributed by atoms with Gasteiger partial charge in [-0.25, -0.2) is 0 Å². The molecule has 0 bridgehead atoms. The van der Waals surface area contributed by atoms with Crippen LogP contribution in [-0.2, 0) is 0 Å². The molecule has 1 aromatic carbocycles. The van der Waals surface area contributed by atoms with Gasteiger partial charge in [0.15, 0.2) is 0 Å². The van der Waals surface area contributed by atoms with E-state index in [1.807, 2.05) is 24.3 Å². The van der Waals surface area contributed by atoms with Crippen molar-refractivity contribution in [3.63, 3.8) is 0 Å². The summed E-state index contributed by atoms with van der Waals surface area (Å²) < 4.78 is 0. The summed E-state index contributed by atoms with van der Waals surface area (Å²) in [6.45, 7) is 3.14. The number of halogens is 1. The lowest BCUT2D eigenvalue weighted by Crippen LogP contribution is -2.48. The first kappa shape index (κ1) is 13.8. The third-order valence-corrected chi connectivity index (χ3v) is 3.75. The van der Waals surface area contributed by atoms with Crippen LogP contribution in [0.2, 0.25) is 5.02 Å². The number of nitrogens with zero attached hydrogens (tertiary/aromatic N) is 4. The van der Waals surface area contributed by atoms with Crippen LogP contribution in [0.5, 0.6) is 0 Å². The van der Waals surface area contributed by atoms with Gasteiger partial charge in [-0.15, -0.1) is 0 Å². The molecule has 5 heteroatoms. The van der Waals surface area contributed by atoms with Gasteiger partial charge in [0.2, 0.25) is 0 Å². The monoisotopic (exact) mass is 274 g/mol. The molecule has 1 aliphatic rings. The van der Waals surface area contributed by atoms with Crippen LogP contribution >= 0.6 is 11.6 Å². The summed E-state index contributed by atoms with van der Waals surface area (Å²) >= 11 is 6.25. The normalized spacial score (nSPS) is 20.7. The van der Waals surface area contributed by atoms with Gasteiger partial charge in [0.05, 0.1) is 31.3 Å². The predicted octanol–water partition coefficient (Wildman–Crippen LogP) is 2.05. The topological polar surface area (TPSA) is 54.1 Å². The van der Waals surface area contributed by atoms with Crippen molar-refractivity contribution in [1.82, 2.24) is 9.80 Å². The Labute approximate surface area is 118 Å². The minimum Gasteiger partial charge on any atom is -0.287 e. The first-order valence-electron chi connectivity index (χ1n) is 6.21. The second-order valence-electron chi connectivity index (χ2n) is 4.56. The summed E-state index contributed by atoms with van der Waals surface area (Å²) in [7, 11) is 0. The van der Waals surface area contributed by atoms with Gasteiger partial charge in [0.1, 0.15) is 0 Å². The van der Waals surface area contributed by atoms with Crippen LogP contribution in [0.15, 0.2) is 24.3 Å². The van der Waals surface area contributed by atoms with Crippen LogP contribution in [0.1, 0.15) is 11.6 Å². The molecule has 0 aromatic heterocycles. The van der Waals surface area contributed by atoms with E-state index in [0.29, 0.717) is 18.1 Å². The molecule has 19 heavy (non-hydrogen) atoms. The smallest absolute Gasteiger partial charge is 0.0871 e. The Hall–Kier alpha value is -1.59. The van der Waals surface area contributed by atoms with Crippen LogP contribution < -0.4 is 0 Å². The quantitative estimate of drug-likeness (QED) is 0.792. The van der Waals surface area contributed by atoms with E-state index in [1.54, 1.807) is 0 Å². The van der Waals surface area contributed by atoms with Gasteiger partial charge >= 0.3 is 0 Å². The maximum atomic E-state index is 8.93. The van der Waals surface area contributed by atoms with Crippen LogP contribution in [0, 0.1) is 22.7 Å². The Morgan fingerprint density at radius 3 is 2.58 bits per heavy atom. The fourth-order valence-electron chi connectivity index (χ4n) is 2.44. The van der Waals surface area contributed by atoms with Crippen molar-refractivity contribution in [2.45, 2.75) is 6.04 Å². The molecule has 1 atom stereocenters. The molecule has 0 saturated carbocycles. The Balaban J connectivity index is 2.23. The second kappa shape index (κ2) is 6.54. The van der Waals surface area contributed by atoms with E-state index in [4.69, 9.17) is 22.1 Å². The van der Waals surface area contributed by atoms with Gasteiger partial charge in [-0.2, -0.15) is 10.5 Å². The van der Waals surface area contributed by atoms with Crippen molar-refractivity contribution >= 4 is 11.6 Å². The number of benzene rings is 1. The summed E-state index contributed by atoms with van der Waals surface area (Å²) in [6, 6.07) is 12.2. The van der Waals surface area contributed by atoms with E-state index in [0.717, 1.165) is 25.2 Å². The highest BCUT2D eigenvalue weighted by Gasteiger charge is 2.28. The maximum absolute atomic E-state index is 8.93. The first-order valence-corrected chi connectivity index (χ1v) is 6.58. The summed E-state index contributed by atoms with van der Waals surface area (Å²) in [4.78, 5) is 4.22. The minimum absolute atomic E-state index is 0.0791. The average Bonchev–Trinajstić information content (AvgIpc) is 2.42. The van der Waals surface area contributed by atoms with E-state index in [-0.39, 0.29) is 6.04 Å². The van der Waals surface area contributed by atoms with Crippen molar-refractivity contribution in [2.75, 3.05) is 32.7 Å². The molecule has 0 spiro atoms. The van der Waals surface area contributed by atoms with Gasteiger partial charge in [0, 0.05) is 24.7 Å². The van der Waals surface area contributed by atoms with E-state index < -0.39 is 0 Å². The van der Waals surface area contributed by atoms with Crippen LogP contribution in [0.25, 0.3) is 0 Å². The molecule has 1 saturated heterocycles. The largest absolute Gasteiger partial charge is 0.287 e. The van der Waals surface area contributed by atoms with Crippen molar-refractivity contribution in [1.29, 1.82) is 10.5 Å². The third kappa shape index (κ3) is 3.24. The Morgan fingerprint density at radius 2 is 1.89 bits per heavy atom. The fourth-order valence-corrected chi connectivity index (χ4v) is 2.70. The number of nitriles is 2. The van der Waals surface area contributed by atoms with E-state index in [9.17, 15) is 0 Å². The molecule has 2 rings (SSSR count). The average molecular weight is 275 g/mol. The summed E-state index contributed by atoms with van der Waals surface area (Å²) in [5.41, 5.74) is 1.03. The van der Waals surface area contributed by atoms with Gasteiger partial charge in [-0.1, -0.05) is 29.8 Å². The van der Waals surface area contributed by atoms with Crippen LogP contribution in [0.3, 0.4) is 0 Å². The van der Waals surface area contributed by atoms with Crippen LogP contribution in [-0.4, -0.2) is 42.5 Å². The standard InChI is InChI=1S/C14H15ClN4/c15-13-4-2-1-3-12(13)14-11-18(7-5-16)9-10-19(14)8-6-17/h1-4,14H,7-11H2. The van der Waals surface area contributed by atoms with Crippen molar-refractivity contribution < 1.29 is 0 Å². The summed E-state index contributed by atoms with van der Waals surface area (Å²) in [5, 5.41) is 18.5. The lowest BCUT2D eigenvalue weighted by Gasteiger charge is -2.40. The van der Waals surface area contributed by atoms with Gasteiger partial charge < -0.3 is 0 Å². The molecule has 1 aromatic rings. The van der Waals surface area contributed by atoms with Crippen molar-refractivity contribution in [3.05, 3.63) is 34.9 Å². The zero-order chi connectivity index (χ0) is 13.7. The SMILES string of the molecule is N#CCN1CCN(CC#N)C(c2ccccc2Cl)C1. The molecule has 0 radical (unpaired) electrons. The van der Waals surface area contributed by atoms with Crippen molar-refractivity contribution in [2.24, 2.45) is 0 Å². The Morgan fingerprint density at radius 1 is 1.16 bits per heavy atom. The molecule has 1 fully saturated rings. The highest BCUT2D eigenvalue weighted by atomic mass is 35.5. The summed E-state index contributed by atoms with van der Waals surface area (Å²) in [5.74, 6) is 0. The molecule has 0 amide bonds. The highest BCUT2D eigenvalue weighted by Crippen LogP contribution is 2.30. The number of rotatable bonds is 3. The molecule has 1 unspecified atom stereocenters. The minimum atomic E-state index is 0.0791. The number of hydrogen-bond acceptors (Lipinski definition) is 4. The van der Waals surface area contributed by atoms with Crippen molar-refractivity contribution in [3.8, 4) is 12.1 Å². The molecular formula is C14H15ClN4. The Bertz CT molecular complexity index is 517. The van der Waals surface area contributed by atoms with Gasteiger partial charge in [-0.05, 0) is 11.6 Å². The molecule has 1 aliphatic heterocycles. The van der Waals surface area contributed by atoms with Crippen LogP contribution in [0.4, 0.5) is 0 Å². The lowest BCUT2D eigenvalue weighted by molar-refractivity contribution is 0.0939. The molecule has 0 N–H and O–H groups in total. The molecular weight excluding hydrogens is 260 g/mol. The first-order chi connectivity index (χ1) is 9.26. The fraction of sp³-hybridized carbons (Fsp3) is 0.429. The molecule has 98 valence electrons. The van der Waals surface area contributed by atoms with E-state index in [2.05, 4.69) is 21.9 Å². The predicted molar refractivity (Wildman–Crippen MR) is 73.4 cm³/mol. The molecule has 4 nitrogen and oxygen atoms in total. The molecule has 0 aliphatic carbocycles. The third-order valence-electron chi connectivity index (χ3n) is 3.41. The maximum Gasteiger partial charge on any atom is 0.0871 e. The van der Waals surface area contributed by atoms with E-state index >= 15 is 0 Å². The van der Waals surface area contributed by atoms with Gasteiger partial charge in [-0.3, -0.25) is 9.80 Å². The highest BCUT2D eigenvalue weighted by molar-refractivity contribution is 6.31. The summed E-state index contributed by atoms with van der Waals surface area (Å²) in [6.07, 6.45) is 0. The number of piperazine rings is 1. The Kier molecular flexibility index (Phi) is 4.76. The zero-order valence-corrected chi connectivity index (χ0v) is 11.3. The molecule has 1 heterocycles. The lowest BCUT2D eigenvalue weighted by atomic mass is 10.0. The van der Waals surface area contributed by atoms with Gasteiger partial charge in [0.25, 0.3) is 0 Å². The number of hydrogen-bond donors (Lipinski definition) is 0.